The van der Waals surface area contributed by atoms with Crippen LogP contribution in [0.4, 0.5) is 4.79 Å². The Kier molecular flexibility index (Phi) is 8.34. The third-order valence-corrected chi connectivity index (χ3v) is 9.27. The lowest BCUT2D eigenvalue weighted by molar-refractivity contribution is 0.0202. The van der Waals surface area contributed by atoms with Crippen LogP contribution in [-0.4, -0.2) is 61.1 Å². The molecule has 0 fully saturated rings. The van der Waals surface area contributed by atoms with Gasteiger partial charge in [0.25, 0.3) is 0 Å². The van der Waals surface area contributed by atoms with Crippen molar-refractivity contribution in [2.45, 2.75) is 71.8 Å². The minimum absolute atomic E-state index is 0.0823. The van der Waals surface area contributed by atoms with Gasteiger partial charge < -0.3 is 13.9 Å². The Morgan fingerprint density at radius 2 is 1.69 bits per heavy atom. The second-order valence-electron chi connectivity index (χ2n) is 9.40. The highest BCUT2D eigenvalue weighted by Gasteiger charge is 2.37. The van der Waals surface area contributed by atoms with Gasteiger partial charge in [0.05, 0.1) is 38.3 Å². The third-order valence-electron chi connectivity index (χ3n) is 4.73. The van der Waals surface area contributed by atoms with Gasteiger partial charge in [0.15, 0.2) is 14.0 Å². The summed E-state index contributed by atoms with van der Waals surface area (Å²) in [5.74, 6) is -0.559. The van der Waals surface area contributed by atoms with Gasteiger partial charge in [-0.15, -0.1) is 0 Å². The molecule has 0 aliphatic carbocycles. The lowest BCUT2D eigenvalue weighted by Crippen LogP contribution is -2.44. The summed E-state index contributed by atoms with van der Waals surface area (Å²) in [6, 6.07) is 0. The van der Waals surface area contributed by atoms with Crippen molar-refractivity contribution in [3.63, 3.8) is 0 Å². The fourth-order valence-corrected chi connectivity index (χ4v) is 3.07. The first kappa shape index (κ1) is 25.0. The zero-order valence-electron chi connectivity index (χ0n) is 19.2. The first-order valence-corrected chi connectivity index (χ1v) is 12.6. The van der Waals surface area contributed by atoms with E-state index in [1.165, 1.54) is 19.5 Å². The van der Waals surface area contributed by atoms with Crippen LogP contribution in [0.1, 0.15) is 57.7 Å². The molecule has 0 aliphatic heterocycles. The van der Waals surface area contributed by atoms with Gasteiger partial charge in [0, 0.05) is 6.54 Å². The van der Waals surface area contributed by atoms with Crippen molar-refractivity contribution in [1.29, 1.82) is 0 Å². The van der Waals surface area contributed by atoms with E-state index in [0.717, 1.165) is 0 Å². The standard InChI is InChI=1S/C20H35N3O5Si/c1-19(2,3)28-18(25)23(10-11-27-29(8,9)20(4,5)6)14-15-12-22-16(13-21-15)17(24)26-7/h12-13H,10-11,14H2,1-9H3. The number of nitrogens with zero attached hydrogens (tertiary/aromatic N) is 3. The van der Waals surface area contributed by atoms with Gasteiger partial charge in [0.2, 0.25) is 0 Å². The number of hydrogen-bond donors (Lipinski definition) is 0. The van der Waals surface area contributed by atoms with Gasteiger partial charge in [-0.05, 0) is 38.9 Å². The second-order valence-corrected chi connectivity index (χ2v) is 14.2. The minimum Gasteiger partial charge on any atom is -0.464 e. The molecule has 164 valence electrons. The third kappa shape index (κ3) is 8.10. The Balaban J connectivity index is 2.88. The fourth-order valence-electron chi connectivity index (χ4n) is 2.03. The maximum absolute atomic E-state index is 12.7. The average Bonchev–Trinajstić information content (AvgIpc) is 2.58. The van der Waals surface area contributed by atoms with Crippen molar-refractivity contribution in [3.05, 3.63) is 23.8 Å². The van der Waals surface area contributed by atoms with Crippen molar-refractivity contribution in [2.24, 2.45) is 0 Å². The zero-order chi connectivity index (χ0) is 22.5. The lowest BCUT2D eigenvalue weighted by atomic mass is 10.2. The molecule has 9 heteroatoms. The van der Waals surface area contributed by atoms with Crippen LogP contribution in [0.5, 0.6) is 0 Å². The highest BCUT2D eigenvalue weighted by atomic mass is 28.4. The van der Waals surface area contributed by atoms with E-state index >= 15 is 0 Å². The average molecular weight is 426 g/mol. The normalized spacial score (nSPS) is 12.4. The number of esters is 1. The largest absolute Gasteiger partial charge is 0.464 e. The summed E-state index contributed by atoms with van der Waals surface area (Å²) >= 11 is 0. The van der Waals surface area contributed by atoms with Crippen molar-refractivity contribution >= 4 is 20.4 Å². The summed E-state index contributed by atoms with van der Waals surface area (Å²) in [5.41, 5.74) is 0.0351. The van der Waals surface area contributed by atoms with Crippen LogP contribution < -0.4 is 0 Å². The molecule has 0 aromatic carbocycles. The van der Waals surface area contributed by atoms with Crippen molar-refractivity contribution in [1.82, 2.24) is 14.9 Å². The van der Waals surface area contributed by atoms with Crippen LogP contribution in [0.2, 0.25) is 18.1 Å². The predicted octanol–water partition coefficient (Wildman–Crippen LogP) is 4.02. The molecule has 0 saturated heterocycles. The minimum atomic E-state index is -1.93. The van der Waals surface area contributed by atoms with Gasteiger partial charge in [-0.2, -0.15) is 0 Å². The molecule has 0 aliphatic rings. The Labute approximate surface area is 175 Å². The number of ether oxygens (including phenoxy) is 2. The molecule has 1 heterocycles. The Hall–Kier alpha value is -2.00. The first-order chi connectivity index (χ1) is 13.2. The van der Waals surface area contributed by atoms with E-state index in [1.807, 2.05) is 20.8 Å². The van der Waals surface area contributed by atoms with Gasteiger partial charge in [-0.1, -0.05) is 20.8 Å². The molecule has 8 nitrogen and oxygen atoms in total. The topological polar surface area (TPSA) is 90.8 Å². The molecule has 29 heavy (non-hydrogen) atoms. The predicted molar refractivity (Wildman–Crippen MR) is 113 cm³/mol. The molecule has 1 rings (SSSR count). The number of hydrogen-bond acceptors (Lipinski definition) is 7. The molecule has 0 atom stereocenters. The van der Waals surface area contributed by atoms with Crippen LogP contribution in [0.15, 0.2) is 12.4 Å². The van der Waals surface area contributed by atoms with Crippen LogP contribution in [0.3, 0.4) is 0 Å². The summed E-state index contributed by atoms with van der Waals surface area (Å²) in [6.07, 6.45) is 2.34. The maximum atomic E-state index is 12.7. The number of carbonyl (C=O) groups excluding carboxylic acids is 2. The molecular formula is C20H35N3O5Si. The molecule has 0 bridgehead atoms. The van der Waals surface area contributed by atoms with Crippen molar-refractivity contribution in [2.75, 3.05) is 20.3 Å². The molecule has 0 unspecified atom stereocenters. The SMILES string of the molecule is COC(=O)c1cnc(CN(CCO[Si](C)(C)C(C)(C)C)C(=O)OC(C)(C)C)cn1. The first-order valence-electron chi connectivity index (χ1n) is 9.67. The van der Waals surface area contributed by atoms with E-state index in [4.69, 9.17) is 9.16 Å². The Bertz CT molecular complexity index is 694. The zero-order valence-corrected chi connectivity index (χ0v) is 20.2. The van der Waals surface area contributed by atoms with E-state index in [-0.39, 0.29) is 17.3 Å². The van der Waals surface area contributed by atoms with Crippen molar-refractivity contribution < 1.29 is 23.5 Å². The molecule has 0 N–H and O–H groups in total. The summed E-state index contributed by atoms with van der Waals surface area (Å²) in [7, 11) is -0.646. The van der Waals surface area contributed by atoms with E-state index in [9.17, 15) is 9.59 Å². The molecule has 0 radical (unpaired) electrons. The number of methoxy groups -OCH3 is 1. The maximum Gasteiger partial charge on any atom is 0.410 e. The quantitative estimate of drug-likeness (QED) is 0.481. The Morgan fingerprint density at radius 3 is 2.14 bits per heavy atom. The van der Waals surface area contributed by atoms with Gasteiger partial charge in [-0.3, -0.25) is 9.88 Å². The number of rotatable bonds is 7. The van der Waals surface area contributed by atoms with Gasteiger partial charge in [0.1, 0.15) is 5.60 Å². The van der Waals surface area contributed by atoms with Crippen LogP contribution >= 0.6 is 0 Å². The molecule has 1 aromatic rings. The molecular weight excluding hydrogens is 390 g/mol. The summed E-state index contributed by atoms with van der Waals surface area (Å²) in [5, 5.41) is 0.0823. The molecule has 1 amide bonds. The lowest BCUT2D eigenvalue weighted by Gasteiger charge is -2.37. The van der Waals surface area contributed by atoms with Gasteiger partial charge in [-0.25, -0.2) is 14.6 Å². The van der Waals surface area contributed by atoms with Gasteiger partial charge >= 0.3 is 12.1 Å². The smallest absolute Gasteiger partial charge is 0.410 e. The van der Waals surface area contributed by atoms with Crippen LogP contribution in [0.25, 0.3) is 0 Å². The second kappa shape index (κ2) is 9.66. The summed E-state index contributed by atoms with van der Waals surface area (Å²) in [4.78, 5) is 34.0. The molecule has 0 saturated carbocycles. The van der Waals surface area contributed by atoms with Crippen LogP contribution in [0, 0.1) is 0 Å². The number of amides is 1. The number of aromatic nitrogens is 2. The summed E-state index contributed by atoms with van der Waals surface area (Å²) < 4.78 is 16.3. The van der Waals surface area contributed by atoms with Crippen molar-refractivity contribution in [3.8, 4) is 0 Å². The van der Waals surface area contributed by atoms with Crippen LogP contribution in [-0.2, 0) is 20.4 Å². The Morgan fingerprint density at radius 1 is 1.07 bits per heavy atom. The fraction of sp³-hybridized carbons (Fsp3) is 0.700. The highest BCUT2D eigenvalue weighted by molar-refractivity contribution is 6.74. The van der Waals surface area contributed by atoms with E-state index in [0.29, 0.717) is 18.8 Å². The van der Waals surface area contributed by atoms with E-state index in [1.54, 1.807) is 4.90 Å². The molecule has 1 aromatic heterocycles. The monoisotopic (exact) mass is 425 g/mol. The summed E-state index contributed by atoms with van der Waals surface area (Å²) in [6.45, 7) is 17.3. The number of carbonyl (C=O) groups is 2. The van der Waals surface area contributed by atoms with E-state index in [2.05, 4.69) is 48.6 Å². The van der Waals surface area contributed by atoms with E-state index < -0.39 is 26.0 Å². The highest BCUT2D eigenvalue weighted by Crippen LogP contribution is 2.36. The molecule has 0 spiro atoms.